The second kappa shape index (κ2) is 6.36. The number of benzene rings is 1. The maximum absolute atomic E-state index is 10.0. The molecule has 2 atom stereocenters. The first kappa shape index (κ1) is 13.7. The molecule has 0 bridgehead atoms. The predicted molar refractivity (Wildman–Crippen MR) is 65.4 cm³/mol. The third-order valence-corrected chi connectivity index (χ3v) is 2.78. The lowest BCUT2D eigenvalue weighted by atomic mass is 9.96. The normalized spacial score (nSPS) is 14.1. The summed E-state index contributed by atoms with van der Waals surface area (Å²) in [5.41, 5.74) is 1.98. The topological polar surface area (TPSA) is 76.3 Å². The second-order valence-corrected chi connectivity index (χ2v) is 4.09. The summed E-state index contributed by atoms with van der Waals surface area (Å²) >= 11 is 0. The molecule has 1 aromatic carbocycles. The van der Waals surface area contributed by atoms with E-state index in [0.29, 0.717) is 24.1 Å². The highest BCUT2D eigenvalue weighted by Crippen LogP contribution is 2.23. The Bertz CT molecular complexity index is 412. The Morgan fingerprint density at radius 2 is 2.12 bits per heavy atom. The van der Waals surface area contributed by atoms with Crippen molar-refractivity contribution in [3.05, 3.63) is 34.9 Å². The van der Waals surface area contributed by atoms with Crippen LogP contribution in [0.15, 0.2) is 18.2 Å². The molecule has 0 spiro atoms. The molecule has 0 amide bonds. The van der Waals surface area contributed by atoms with Gasteiger partial charge in [-0.15, -0.1) is 0 Å². The largest absolute Gasteiger partial charge is 0.390 e. The van der Waals surface area contributed by atoms with Gasteiger partial charge in [-0.1, -0.05) is 6.07 Å². The molecule has 0 saturated heterocycles. The Kier molecular flexibility index (Phi) is 5.11. The molecule has 0 saturated carbocycles. The van der Waals surface area contributed by atoms with E-state index in [4.69, 9.17) is 5.26 Å². The summed E-state index contributed by atoms with van der Waals surface area (Å²) in [6, 6.07) is 7.13. The van der Waals surface area contributed by atoms with Crippen molar-refractivity contribution in [1.29, 1.82) is 5.26 Å². The van der Waals surface area contributed by atoms with Gasteiger partial charge in [0.2, 0.25) is 0 Å². The number of aliphatic hydroxyl groups excluding tert-OH is 2. The van der Waals surface area contributed by atoms with Crippen molar-refractivity contribution in [3.63, 3.8) is 0 Å². The van der Waals surface area contributed by atoms with Crippen molar-refractivity contribution in [2.45, 2.75) is 25.6 Å². The van der Waals surface area contributed by atoms with E-state index >= 15 is 0 Å². The van der Waals surface area contributed by atoms with Crippen LogP contribution < -0.4 is 5.32 Å². The minimum absolute atomic E-state index is 0.466. The number of hydrogen-bond donors (Lipinski definition) is 3. The Morgan fingerprint density at radius 1 is 1.41 bits per heavy atom. The van der Waals surface area contributed by atoms with Crippen LogP contribution in [0.25, 0.3) is 0 Å². The van der Waals surface area contributed by atoms with E-state index in [-0.39, 0.29) is 0 Å². The van der Waals surface area contributed by atoms with Gasteiger partial charge in [-0.3, -0.25) is 0 Å². The number of nitriles is 1. The van der Waals surface area contributed by atoms with Crippen LogP contribution in [0.2, 0.25) is 0 Å². The summed E-state index contributed by atoms with van der Waals surface area (Å²) in [6.45, 7) is 2.49. The number of aryl methyl sites for hydroxylation is 1. The summed E-state index contributed by atoms with van der Waals surface area (Å²) in [7, 11) is 1.79. The van der Waals surface area contributed by atoms with E-state index in [9.17, 15) is 10.2 Å². The molecule has 4 heteroatoms. The fourth-order valence-corrected chi connectivity index (χ4v) is 1.69. The van der Waals surface area contributed by atoms with Crippen molar-refractivity contribution in [3.8, 4) is 6.07 Å². The molecule has 0 radical (unpaired) electrons. The van der Waals surface area contributed by atoms with Crippen LogP contribution in [0.1, 0.15) is 29.2 Å². The second-order valence-electron chi connectivity index (χ2n) is 4.09. The summed E-state index contributed by atoms with van der Waals surface area (Å²) in [6.07, 6.45) is -1.31. The fraction of sp³-hybridized carbons (Fsp3) is 0.462. The highest BCUT2D eigenvalue weighted by molar-refractivity contribution is 5.39. The summed E-state index contributed by atoms with van der Waals surface area (Å²) in [5, 5.41) is 31.6. The van der Waals surface area contributed by atoms with Gasteiger partial charge in [0.25, 0.3) is 0 Å². The Labute approximate surface area is 102 Å². The first-order valence-electron chi connectivity index (χ1n) is 5.61. The molecule has 0 fully saturated rings. The molecule has 92 valence electrons. The van der Waals surface area contributed by atoms with Gasteiger partial charge < -0.3 is 15.5 Å². The van der Waals surface area contributed by atoms with E-state index in [0.717, 1.165) is 5.56 Å². The number of nitrogens with zero attached hydrogens (tertiary/aromatic N) is 1. The first-order valence-corrected chi connectivity index (χ1v) is 5.61. The Morgan fingerprint density at radius 3 is 2.71 bits per heavy atom. The minimum atomic E-state index is -0.948. The molecule has 0 aromatic heterocycles. The predicted octanol–water partition coefficient (Wildman–Crippen LogP) is 0.871. The highest BCUT2D eigenvalue weighted by atomic mass is 16.3. The third-order valence-electron chi connectivity index (χ3n) is 2.78. The lowest BCUT2D eigenvalue weighted by molar-refractivity contribution is 0.0136. The zero-order valence-electron chi connectivity index (χ0n) is 10.1. The summed E-state index contributed by atoms with van der Waals surface area (Å²) in [5.74, 6) is 0. The van der Waals surface area contributed by atoms with Gasteiger partial charge in [-0.25, -0.2) is 0 Å². The average molecular weight is 234 g/mol. The fourth-order valence-electron chi connectivity index (χ4n) is 1.69. The molecule has 0 aliphatic carbocycles. The molecule has 0 aliphatic rings. The highest BCUT2D eigenvalue weighted by Gasteiger charge is 2.19. The van der Waals surface area contributed by atoms with Gasteiger partial charge in [-0.2, -0.15) is 5.26 Å². The monoisotopic (exact) mass is 234 g/mol. The number of aliphatic hydroxyl groups is 2. The van der Waals surface area contributed by atoms with Crippen LogP contribution >= 0.6 is 0 Å². The van der Waals surface area contributed by atoms with E-state index in [1.807, 2.05) is 13.0 Å². The minimum Gasteiger partial charge on any atom is -0.390 e. The van der Waals surface area contributed by atoms with Crippen molar-refractivity contribution >= 4 is 0 Å². The molecule has 3 N–H and O–H groups in total. The van der Waals surface area contributed by atoms with Crippen LogP contribution in [0.5, 0.6) is 0 Å². The molecule has 1 rings (SSSR count). The zero-order chi connectivity index (χ0) is 12.8. The van der Waals surface area contributed by atoms with E-state index in [2.05, 4.69) is 5.32 Å². The lowest BCUT2D eigenvalue weighted by Crippen LogP contribution is -2.23. The quantitative estimate of drug-likeness (QED) is 0.706. The Balaban J connectivity index is 2.87. The molecule has 1 aromatic rings. The molecular weight excluding hydrogens is 216 g/mol. The van der Waals surface area contributed by atoms with Crippen LogP contribution in [-0.4, -0.2) is 29.9 Å². The third kappa shape index (κ3) is 3.53. The van der Waals surface area contributed by atoms with Gasteiger partial charge in [0, 0.05) is 0 Å². The maximum Gasteiger partial charge on any atom is 0.105 e. The zero-order valence-corrected chi connectivity index (χ0v) is 10.1. The van der Waals surface area contributed by atoms with Gasteiger partial charge in [0.15, 0.2) is 0 Å². The van der Waals surface area contributed by atoms with Gasteiger partial charge >= 0.3 is 0 Å². The van der Waals surface area contributed by atoms with Crippen molar-refractivity contribution in [2.24, 2.45) is 0 Å². The molecule has 4 nitrogen and oxygen atoms in total. The van der Waals surface area contributed by atoms with Gasteiger partial charge in [-0.05, 0) is 50.2 Å². The number of nitrogens with one attached hydrogen (secondary N) is 1. The van der Waals surface area contributed by atoms with E-state index in [1.54, 1.807) is 25.2 Å². The van der Waals surface area contributed by atoms with Crippen LogP contribution in [0.3, 0.4) is 0 Å². The molecular formula is C13H18N2O2. The molecule has 0 aliphatic heterocycles. The van der Waals surface area contributed by atoms with Crippen LogP contribution in [0.4, 0.5) is 0 Å². The summed E-state index contributed by atoms with van der Waals surface area (Å²) in [4.78, 5) is 0. The lowest BCUT2D eigenvalue weighted by Gasteiger charge is -2.20. The van der Waals surface area contributed by atoms with Crippen LogP contribution in [-0.2, 0) is 0 Å². The smallest absolute Gasteiger partial charge is 0.105 e. The van der Waals surface area contributed by atoms with Crippen molar-refractivity contribution in [2.75, 3.05) is 13.6 Å². The molecule has 0 heterocycles. The van der Waals surface area contributed by atoms with Gasteiger partial charge in [0.1, 0.15) is 6.10 Å². The van der Waals surface area contributed by atoms with E-state index < -0.39 is 12.2 Å². The van der Waals surface area contributed by atoms with E-state index in [1.165, 1.54) is 0 Å². The maximum atomic E-state index is 10.0. The number of rotatable bonds is 5. The van der Waals surface area contributed by atoms with Crippen molar-refractivity contribution in [1.82, 2.24) is 5.32 Å². The van der Waals surface area contributed by atoms with Gasteiger partial charge in [0.05, 0.1) is 17.7 Å². The number of hydrogen-bond acceptors (Lipinski definition) is 4. The Hall–Kier alpha value is -1.41. The SMILES string of the molecule is CNCCC(O)C(O)c1cc(C#N)ccc1C. The van der Waals surface area contributed by atoms with Crippen molar-refractivity contribution < 1.29 is 10.2 Å². The molecule has 17 heavy (non-hydrogen) atoms. The first-order chi connectivity index (χ1) is 8.10. The average Bonchev–Trinajstić information content (AvgIpc) is 2.35. The standard InChI is InChI=1S/C13H18N2O2/c1-9-3-4-10(8-14)7-11(9)13(17)12(16)5-6-15-2/h3-4,7,12-13,15-17H,5-6H2,1-2H3. The molecule has 2 unspecified atom stereocenters. The summed E-state index contributed by atoms with van der Waals surface area (Å²) < 4.78 is 0. The van der Waals surface area contributed by atoms with Crippen LogP contribution in [0, 0.1) is 18.3 Å².